The van der Waals surface area contributed by atoms with Gasteiger partial charge in [-0.05, 0) is 52.9 Å². The van der Waals surface area contributed by atoms with Crippen LogP contribution in [0.1, 0.15) is 30.0 Å². The van der Waals surface area contributed by atoms with Crippen molar-refractivity contribution >= 4 is 39.0 Å². The zero-order chi connectivity index (χ0) is 19.4. The van der Waals surface area contributed by atoms with Crippen LogP contribution >= 0.6 is 22.9 Å². The molecule has 0 saturated carbocycles. The molecule has 0 spiro atoms. The Labute approximate surface area is 168 Å². The summed E-state index contributed by atoms with van der Waals surface area (Å²) in [5.74, 6) is 0. The van der Waals surface area contributed by atoms with Crippen molar-refractivity contribution in [1.82, 2.24) is 14.9 Å². The molecular formula is C18H22ClN3O3S2. The standard InChI is InChI=1S/C18H22ClN3O3S2/c1-27(24,25)22-9-6-16(7-10-22)20-18(23)21-17(14-8-11-26-12-14)13-2-4-15(19)5-3-13/h2-5,8,11-12,16-17H,6-7,9-10H2,1H3,(H2,20,21,23). The lowest BCUT2D eigenvalue weighted by Gasteiger charge is -2.31. The zero-order valence-electron chi connectivity index (χ0n) is 14.9. The third-order valence-electron chi connectivity index (χ3n) is 4.61. The number of nitrogens with one attached hydrogen (secondary N) is 2. The molecule has 2 amide bonds. The molecule has 2 N–H and O–H groups in total. The molecule has 1 unspecified atom stereocenters. The number of amides is 2. The second-order valence-electron chi connectivity index (χ2n) is 6.60. The van der Waals surface area contributed by atoms with Gasteiger partial charge in [0.15, 0.2) is 0 Å². The van der Waals surface area contributed by atoms with E-state index in [-0.39, 0.29) is 18.1 Å². The maximum absolute atomic E-state index is 12.6. The maximum atomic E-state index is 12.6. The van der Waals surface area contributed by atoms with Crippen molar-refractivity contribution in [2.75, 3.05) is 19.3 Å². The van der Waals surface area contributed by atoms with Gasteiger partial charge in [0.2, 0.25) is 10.0 Å². The first-order chi connectivity index (χ1) is 12.8. The smallest absolute Gasteiger partial charge is 0.315 e. The number of sulfonamides is 1. The van der Waals surface area contributed by atoms with Gasteiger partial charge in [0, 0.05) is 24.2 Å². The Hall–Kier alpha value is -1.61. The van der Waals surface area contributed by atoms with Crippen molar-refractivity contribution in [3.63, 3.8) is 0 Å². The summed E-state index contributed by atoms with van der Waals surface area (Å²) in [7, 11) is -3.17. The van der Waals surface area contributed by atoms with Crippen molar-refractivity contribution in [2.24, 2.45) is 0 Å². The molecule has 6 nitrogen and oxygen atoms in total. The average Bonchev–Trinajstić information content (AvgIpc) is 3.14. The molecule has 1 fully saturated rings. The van der Waals surface area contributed by atoms with Crippen LogP contribution in [0.4, 0.5) is 4.79 Å². The molecule has 146 valence electrons. The average molecular weight is 428 g/mol. The third-order valence-corrected chi connectivity index (χ3v) is 6.87. The van der Waals surface area contributed by atoms with Crippen LogP contribution < -0.4 is 10.6 Å². The van der Waals surface area contributed by atoms with Gasteiger partial charge in [-0.15, -0.1) is 0 Å². The van der Waals surface area contributed by atoms with E-state index in [4.69, 9.17) is 11.6 Å². The van der Waals surface area contributed by atoms with Gasteiger partial charge in [-0.3, -0.25) is 0 Å². The number of rotatable bonds is 5. The van der Waals surface area contributed by atoms with Crippen molar-refractivity contribution < 1.29 is 13.2 Å². The monoisotopic (exact) mass is 427 g/mol. The summed E-state index contributed by atoms with van der Waals surface area (Å²) in [6.45, 7) is 0.851. The summed E-state index contributed by atoms with van der Waals surface area (Å²) in [6, 6.07) is 8.80. The number of piperidine rings is 1. The van der Waals surface area contributed by atoms with Crippen molar-refractivity contribution in [3.05, 3.63) is 57.2 Å². The molecule has 0 radical (unpaired) electrons. The van der Waals surface area contributed by atoms with E-state index in [0.717, 1.165) is 11.1 Å². The Balaban J connectivity index is 1.63. The maximum Gasteiger partial charge on any atom is 0.315 e. The predicted molar refractivity (Wildman–Crippen MR) is 109 cm³/mol. The highest BCUT2D eigenvalue weighted by Crippen LogP contribution is 2.25. The highest BCUT2D eigenvalue weighted by atomic mass is 35.5. The largest absolute Gasteiger partial charge is 0.335 e. The van der Waals surface area contributed by atoms with E-state index < -0.39 is 10.0 Å². The van der Waals surface area contributed by atoms with E-state index in [1.807, 2.05) is 29.0 Å². The summed E-state index contributed by atoms with van der Waals surface area (Å²) in [5, 5.41) is 10.6. The molecule has 2 heterocycles. The Bertz CT molecular complexity index is 862. The number of nitrogens with zero attached hydrogens (tertiary/aromatic N) is 1. The van der Waals surface area contributed by atoms with E-state index >= 15 is 0 Å². The van der Waals surface area contributed by atoms with Crippen LogP contribution in [0.5, 0.6) is 0 Å². The number of urea groups is 1. The van der Waals surface area contributed by atoms with E-state index in [9.17, 15) is 13.2 Å². The first-order valence-corrected chi connectivity index (χ1v) is 11.8. The zero-order valence-corrected chi connectivity index (χ0v) is 17.3. The van der Waals surface area contributed by atoms with E-state index in [0.29, 0.717) is 31.0 Å². The van der Waals surface area contributed by atoms with Gasteiger partial charge in [0.05, 0.1) is 12.3 Å². The molecule has 9 heteroatoms. The molecule has 1 aliphatic rings. The first kappa shape index (κ1) is 20.1. The summed E-state index contributed by atoms with van der Waals surface area (Å²) in [6.07, 6.45) is 2.42. The van der Waals surface area contributed by atoms with Crippen LogP contribution in [0.15, 0.2) is 41.1 Å². The highest BCUT2D eigenvalue weighted by molar-refractivity contribution is 7.88. The van der Waals surface area contributed by atoms with E-state index in [1.165, 1.54) is 10.6 Å². The van der Waals surface area contributed by atoms with Crippen LogP contribution in [0.2, 0.25) is 5.02 Å². The second-order valence-corrected chi connectivity index (χ2v) is 9.79. The second kappa shape index (κ2) is 8.60. The minimum atomic E-state index is -3.17. The van der Waals surface area contributed by atoms with Gasteiger partial charge in [0.25, 0.3) is 0 Å². The lowest BCUT2D eigenvalue weighted by atomic mass is 10.0. The summed E-state index contributed by atoms with van der Waals surface area (Å²) < 4.78 is 24.6. The minimum Gasteiger partial charge on any atom is -0.335 e. The number of hydrogen-bond acceptors (Lipinski definition) is 4. The Morgan fingerprint density at radius 1 is 1.19 bits per heavy atom. The summed E-state index contributed by atoms with van der Waals surface area (Å²) >= 11 is 7.55. The number of halogens is 1. The topological polar surface area (TPSA) is 78.5 Å². The number of hydrogen-bond donors (Lipinski definition) is 2. The highest BCUT2D eigenvalue weighted by Gasteiger charge is 2.26. The van der Waals surface area contributed by atoms with Crippen LogP contribution in [-0.2, 0) is 10.0 Å². The molecule has 1 aromatic heterocycles. The summed E-state index contributed by atoms with van der Waals surface area (Å²) in [4.78, 5) is 12.6. The van der Waals surface area contributed by atoms with Crippen molar-refractivity contribution in [1.29, 1.82) is 0 Å². The molecule has 1 aromatic carbocycles. The number of carbonyl (C=O) groups excluding carboxylic acids is 1. The van der Waals surface area contributed by atoms with Crippen LogP contribution in [0.3, 0.4) is 0 Å². The fraction of sp³-hybridized carbons (Fsp3) is 0.389. The molecule has 0 bridgehead atoms. The molecule has 27 heavy (non-hydrogen) atoms. The molecule has 1 saturated heterocycles. The molecule has 0 aliphatic carbocycles. The van der Waals surface area contributed by atoms with Gasteiger partial charge in [-0.2, -0.15) is 11.3 Å². The Kier molecular flexibility index (Phi) is 6.41. The van der Waals surface area contributed by atoms with E-state index in [1.54, 1.807) is 23.5 Å². The van der Waals surface area contributed by atoms with Gasteiger partial charge >= 0.3 is 6.03 Å². The Morgan fingerprint density at radius 3 is 2.41 bits per heavy atom. The van der Waals surface area contributed by atoms with Crippen LogP contribution in [0.25, 0.3) is 0 Å². The Morgan fingerprint density at radius 2 is 1.85 bits per heavy atom. The van der Waals surface area contributed by atoms with Crippen LogP contribution in [-0.4, -0.2) is 44.1 Å². The number of carbonyl (C=O) groups is 1. The first-order valence-electron chi connectivity index (χ1n) is 8.62. The normalized spacial score (nSPS) is 17.4. The fourth-order valence-corrected chi connectivity index (χ4v) is 4.83. The molecule has 2 aromatic rings. The third kappa shape index (κ3) is 5.44. The lowest BCUT2D eigenvalue weighted by Crippen LogP contribution is -2.49. The minimum absolute atomic E-state index is 0.0451. The van der Waals surface area contributed by atoms with Crippen molar-refractivity contribution in [2.45, 2.75) is 24.9 Å². The molecule has 1 aliphatic heterocycles. The number of thiophene rings is 1. The molecule has 1 atom stereocenters. The number of benzene rings is 1. The van der Waals surface area contributed by atoms with Gasteiger partial charge in [-0.25, -0.2) is 17.5 Å². The molecule has 3 rings (SSSR count). The van der Waals surface area contributed by atoms with Crippen LogP contribution in [0, 0.1) is 0 Å². The fourth-order valence-electron chi connectivity index (χ4n) is 3.14. The van der Waals surface area contributed by atoms with Gasteiger partial charge < -0.3 is 10.6 Å². The van der Waals surface area contributed by atoms with Crippen molar-refractivity contribution in [3.8, 4) is 0 Å². The quantitative estimate of drug-likeness (QED) is 0.768. The van der Waals surface area contributed by atoms with Gasteiger partial charge in [0.1, 0.15) is 0 Å². The van der Waals surface area contributed by atoms with Gasteiger partial charge in [-0.1, -0.05) is 23.7 Å². The predicted octanol–water partition coefficient (Wildman–Crippen LogP) is 3.21. The lowest BCUT2D eigenvalue weighted by molar-refractivity contribution is 0.225. The molecular weight excluding hydrogens is 406 g/mol. The SMILES string of the molecule is CS(=O)(=O)N1CCC(NC(=O)NC(c2ccc(Cl)cc2)c2ccsc2)CC1. The van der Waals surface area contributed by atoms with E-state index in [2.05, 4.69) is 10.6 Å². The summed E-state index contributed by atoms with van der Waals surface area (Å²) in [5.41, 5.74) is 1.95.